The molecule has 0 aromatic heterocycles. The van der Waals surface area contributed by atoms with E-state index in [1.54, 1.807) is 6.07 Å². The van der Waals surface area contributed by atoms with Gasteiger partial charge in [0.05, 0.1) is 11.9 Å². The van der Waals surface area contributed by atoms with Crippen LogP contribution in [-0.2, 0) is 0 Å². The molecule has 102 valence electrons. The van der Waals surface area contributed by atoms with Crippen LogP contribution in [-0.4, -0.2) is 24.4 Å². The number of hydrogen-bond acceptors (Lipinski definition) is 3. The Kier molecular flexibility index (Phi) is 4.68. The zero-order chi connectivity index (χ0) is 13.7. The fourth-order valence-corrected chi connectivity index (χ4v) is 2.22. The zero-order valence-corrected chi connectivity index (χ0v) is 11.4. The van der Waals surface area contributed by atoms with E-state index in [2.05, 4.69) is 27.6 Å². The number of thiocarbonyl (C=S) groups is 1. The number of hydrazone groups is 1. The number of halogens is 1. The van der Waals surface area contributed by atoms with Crippen LogP contribution < -0.4 is 16.1 Å². The van der Waals surface area contributed by atoms with Gasteiger partial charge in [0.25, 0.3) is 0 Å². The first-order valence-electron chi connectivity index (χ1n) is 6.30. The second-order valence-corrected chi connectivity index (χ2v) is 4.93. The number of piperidine rings is 1. The summed E-state index contributed by atoms with van der Waals surface area (Å²) in [7, 11) is 0. The zero-order valence-electron chi connectivity index (χ0n) is 10.6. The minimum atomic E-state index is -0.221. The van der Waals surface area contributed by atoms with Crippen molar-refractivity contribution in [3.63, 3.8) is 0 Å². The Hall–Kier alpha value is -1.69. The molecule has 1 heterocycles. The molecule has 1 aromatic rings. The molecule has 6 heteroatoms. The molecule has 2 rings (SSSR count). The number of rotatable bonds is 3. The quantitative estimate of drug-likeness (QED) is 0.505. The highest BCUT2D eigenvalue weighted by Gasteiger charge is 2.14. The van der Waals surface area contributed by atoms with E-state index in [0.29, 0.717) is 11.3 Å². The number of benzene rings is 1. The SMILES string of the molecule is NC(=S)NN=Cc1ccc(N2CCCCC2)c(F)c1. The van der Waals surface area contributed by atoms with E-state index >= 15 is 0 Å². The van der Waals surface area contributed by atoms with Crippen molar-refractivity contribution in [2.75, 3.05) is 18.0 Å². The van der Waals surface area contributed by atoms with Gasteiger partial charge in [-0.25, -0.2) is 4.39 Å². The van der Waals surface area contributed by atoms with Crippen LogP contribution in [0.3, 0.4) is 0 Å². The number of anilines is 1. The van der Waals surface area contributed by atoms with Crippen molar-refractivity contribution in [2.24, 2.45) is 10.8 Å². The number of nitrogens with one attached hydrogen (secondary N) is 1. The van der Waals surface area contributed by atoms with Crippen LogP contribution in [0.4, 0.5) is 10.1 Å². The van der Waals surface area contributed by atoms with Crippen molar-refractivity contribution in [2.45, 2.75) is 19.3 Å². The summed E-state index contributed by atoms with van der Waals surface area (Å²) in [6.07, 6.45) is 4.97. The maximum Gasteiger partial charge on any atom is 0.184 e. The van der Waals surface area contributed by atoms with E-state index in [1.165, 1.54) is 18.7 Å². The monoisotopic (exact) mass is 280 g/mol. The molecule has 0 unspecified atom stereocenters. The maximum atomic E-state index is 14.0. The molecule has 0 bridgehead atoms. The summed E-state index contributed by atoms with van der Waals surface area (Å²) in [5, 5.41) is 3.89. The van der Waals surface area contributed by atoms with Gasteiger partial charge in [0, 0.05) is 13.1 Å². The van der Waals surface area contributed by atoms with Gasteiger partial charge >= 0.3 is 0 Å². The standard InChI is InChI=1S/C13H17FN4S/c14-11-8-10(9-16-17-13(15)19)4-5-12(11)18-6-2-1-3-7-18/h4-5,8-9H,1-3,6-7H2,(H3,15,17,19). The molecule has 0 aliphatic carbocycles. The van der Waals surface area contributed by atoms with Gasteiger partial charge in [-0.3, -0.25) is 5.43 Å². The summed E-state index contributed by atoms with van der Waals surface area (Å²) in [5.41, 5.74) is 9.01. The first-order valence-corrected chi connectivity index (χ1v) is 6.70. The smallest absolute Gasteiger partial charge is 0.184 e. The predicted octanol–water partition coefficient (Wildman–Crippen LogP) is 1.98. The van der Waals surface area contributed by atoms with Gasteiger partial charge in [-0.1, -0.05) is 6.07 Å². The Morgan fingerprint density at radius 1 is 1.37 bits per heavy atom. The molecule has 0 atom stereocenters. The van der Waals surface area contributed by atoms with Crippen LogP contribution in [0.2, 0.25) is 0 Å². The molecule has 1 saturated heterocycles. The fourth-order valence-electron chi connectivity index (χ4n) is 2.17. The third-order valence-electron chi connectivity index (χ3n) is 3.06. The lowest BCUT2D eigenvalue weighted by Gasteiger charge is -2.29. The highest BCUT2D eigenvalue weighted by atomic mass is 32.1. The molecule has 0 spiro atoms. The molecule has 4 nitrogen and oxygen atoms in total. The predicted molar refractivity (Wildman–Crippen MR) is 80.0 cm³/mol. The van der Waals surface area contributed by atoms with Crippen LogP contribution in [0.15, 0.2) is 23.3 Å². The summed E-state index contributed by atoms with van der Waals surface area (Å²) < 4.78 is 14.0. The van der Waals surface area contributed by atoms with Crippen molar-refractivity contribution in [1.29, 1.82) is 0 Å². The summed E-state index contributed by atoms with van der Waals surface area (Å²) in [5.74, 6) is -0.221. The van der Waals surface area contributed by atoms with E-state index in [1.807, 2.05) is 6.07 Å². The topological polar surface area (TPSA) is 53.6 Å². The van der Waals surface area contributed by atoms with Gasteiger partial charge in [0.2, 0.25) is 0 Å². The van der Waals surface area contributed by atoms with Gasteiger partial charge in [-0.15, -0.1) is 0 Å². The average Bonchev–Trinajstić information content (AvgIpc) is 2.39. The normalized spacial score (nSPS) is 15.7. The van der Waals surface area contributed by atoms with Gasteiger partial charge in [-0.2, -0.15) is 5.10 Å². The second-order valence-electron chi connectivity index (χ2n) is 4.49. The largest absolute Gasteiger partial charge is 0.375 e. The molecule has 1 aromatic carbocycles. The Bertz CT molecular complexity index is 484. The third-order valence-corrected chi connectivity index (χ3v) is 3.15. The minimum absolute atomic E-state index is 0.0849. The molecule has 0 amide bonds. The first kappa shape index (κ1) is 13.7. The molecule has 1 aliphatic rings. The van der Waals surface area contributed by atoms with E-state index in [0.717, 1.165) is 25.9 Å². The Morgan fingerprint density at radius 3 is 2.74 bits per heavy atom. The summed E-state index contributed by atoms with van der Waals surface area (Å²) in [6, 6.07) is 5.09. The maximum absolute atomic E-state index is 14.0. The van der Waals surface area contributed by atoms with Gasteiger partial charge in [0.15, 0.2) is 5.11 Å². The van der Waals surface area contributed by atoms with Gasteiger partial charge in [0.1, 0.15) is 5.82 Å². The van der Waals surface area contributed by atoms with Crippen molar-refractivity contribution in [1.82, 2.24) is 5.43 Å². The van der Waals surface area contributed by atoms with E-state index in [9.17, 15) is 4.39 Å². The molecule has 19 heavy (non-hydrogen) atoms. The number of nitrogens with two attached hydrogens (primary N) is 1. The van der Waals surface area contributed by atoms with Crippen LogP contribution in [0.1, 0.15) is 24.8 Å². The summed E-state index contributed by atoms with van der Waals surface area (Å²) in [4.78, 5) is 2.09. The van der Waals surface area contributed by atoms with Gasteiger partial charge < -0.3 is 10.6 Å². The number of hydrogen-bond donors (Lipinski definition) is 2. The van der Waals surface area contributed by atoms with Crippen molar-refractivity contribution in [3.05, 3.63) is 29.6 Å². The molecule has 1 aliphatic heterocycles. The molecule has 3 N–H and O–H groups in total. The summed E-state index contributed by atoms with van der Waals surface area (Å²) in [6.45, 7) is 1.85. The van der Waals surface area contributed by atoms with Crippen molar-refractivity contribution < 1.29 is 4.39 Å². The second kappa shape index (κ2) is 6.47. The fraction of sp³-hybridized carbons (Fsp3) is 0.385. The highest BCUT2D eigenvalue weighted by molar-refractivity contribution is 7.80. The lowest BCUT2D eigenvalue weighted by Crippen LogP contribution is -2.30. The van der Waals surface area contributed by atoms with E-state index < -0.39 is 0 Å². The Morgan fingerprint density at radius 2 is 2.11 bits per heavy atom. The van der Waals surface area contributed by atoms with Crippen LogP contribution in [0, 0.1) is 5.82 Å². The highest BCUT2D eigenvalue weighted by Crippen LogP contribution is 2.23. The van der Waals surface area contributed by atoms with Crippen LogP contribution >= 0.6 is 12.2 Å². The van der Waals surface area contributed by atoms with Crippen molar-refractivity contribution >= 4 is 29.2 Å². The van der Waals surface area contributed by atoms with E-state index in [-0.39, 0.29) is 10.9 Å². The lowest BCUT2D eigenvalue weighted by atomic mass is 10.1. The lowest BCUT2D eigenvalue weighted by molar-refractivity contribution is 0.557. The average molecular weight is 280 g/mol. The Labute approximate surface area is 117 Å². The van der Waals surface area contributed by atoms with Crippen molar-refractivity contribution in [3.8, 4) is 0 Å². The minimum Gasteiger partial charge on any atom is -0.375 e. The number of nitrogens with zero attached hydrogens (tertiary/aromatic N) is 2. The third kappa shape index (κ3) is 3.89. The molecule has 0 saturated carbocycles. The molecule has 1 fully saturated rings. The Balaban J connectivity index is 2.08. The van der Waals surface area contributed by atoms with E-state index in [4.69, 9.17) is 5.73 Å². The molecular weight excluding hydrogens is 263 g/mol. The van der Waals surface area contributed by atoms with Gasteiger partial charge in [-0.05, 0) is 49.2 Å². The molecular formula is C13H17FN4S. The molecule has 0 radical (unpaired) electrons. The van der Waals surface area contributed by atoms with Crippen LogP contribution in [0.25, 0.3) is 0 Å². The summed E-state index contributed by atoms with van der Waals surface area (Å²) >= 11 is 4.62. The first-order chi connectivity index (χ1) is 9.16. The van der Waals surface area contributed by atoms with Crippen LogP contribution in [0.5, 0.6) is 0 Å².